The number of nitrogens with zero attached hydrogens (tertiary/aromatic N) is 5. The number of rotatable bonds is 8. The van der Waals surface area contributed by atoms with Gasteiger partial charge < -0.3 is 15.1 Å². The van der Waals surface area contributed by atoms with Crippen LogP contribution in [0.3, 0.4) is 0 Å². The second kappa shape index (κ2) is 6.72. The van der Waals surface area contributed by atoms with E-state index in [0.29, 0.717) is 12.0 Å². The lowest BCUT2D eigenvalue weighted by molar-refractivity contribution is 0.759. The lowest BCUT2D eigenvalue weighted by Gasteiger charge is -2.24. The second-order valence-electron chi connectivity index (χ2n) is 4.98. The molecule has 0 saturated heterocycles. The van der Waals surface area contributed by atoms with E-state index < -0.39 is 0 Å². The van der Waals surface area contributed by atoms with Gasteiger partial charge >= 0.3 is 0 Å². The van der Waals surface area contributed by atoms with Crippen molar-refractivity contribution in [3.63, 3.8) is 0 Å². The van der Waals surface area contributed by atoms with Crippen LogP contribution in [0.15, 0.2) is 0 Å². The molecule has 6 nitrogen and oxygen atoms in total. The maximum Gasteiger partial charge on any atom is 0.232 e. The van der Waals surface area contributed by atoms with Crippen molar-refractivity contribution in [2.75, 3.05) is 41.3 Å². The quantitative estimate of drug-likeness (QED) is 0.786. The minimum atomic E-state index is 0.612. The van der Waals surface area contributed by atoms with E-state index in [1.807, 2.05) is 0 Å². The van der Waals surface area contributed by atoms with E-state index in [2.05, 4.69) is 57.8 Å². The highest BCUT2D eigenvalue weighted by Crippen LogP contribution is 2.30. The molecule has 0 bridgehead atoms. The molecule has 1 aromatic rings. The molecule has 0 unspecified atom stereocenters. The van der Waals surface area contributed by atoms with Gasteiger partial charge in [-0.3, -0.25) is 0 Å². The van der Waals surface area contributed by atoms with Gasteiger partial charge in [-0.1, -0.05) is 0 Å². The summed E-state index contributed by atoms with van der Waals surface area (Å²) in [6, 6.07) is 0.612. The Morgan fingerprint density at radius 2 is 1.60 bits per heavy atom. The van der Waals surface area contributed by atoms with E-state index in [4.69, 9.17) is 0 Å². The largest absolute Gasteiger partial charge is 0.354 e. The van der Waals surface area contributed by atoms with Gasteiger partial charge in [0.15, 0.2) is 0 Å². The summed E-state index contributed by atoms with van der Waals surface area (Å²) in [7, 11) is 0. The molecular formula is C14H26N6. The lowest BCUT2D eigenvalue weighted by atomic mass is 10.5. The van der Waals surface area contributed by atoms with Crippen LogP contribution in [0.4, 0.5) is 17.8 Å². The van der Waals surface area contributed by atoms with Crippen LogP contribution in [-0.4, -0.2) is 47.2 Å². The first-order valence-corrected chi connectivity index (χ1v) is 7.74. The Morgan fingerprint density at radius 1 is 0.950 bits per heavy atom. The summed E-state index contributed by atoms with van der Waals surface area (Å²) in [5.74, 6) is 2.26. The van der Waals surface area contributed by atoms with Crippen molar-refractivity contribution in [1.29, 1.82) is 0 Å². The predicted octanol–water partition coefficient (Wildman–Crippen LogP) is 2.14. The topological polar surface area (TPSA) is 57.2 Å². The van der Waals surface area contributed by atoms with Crippen molar-refractivity contribution in [3.8, 4) is 0 Å². The first-order chi connectivity index (χ1) is 9.73. The average molecular weight is 278 g/mol. The fourth-order valence-electron chi connectivity index (χ4n) is 2.32. The monoisotopic (exact) mass is 278 g/mol. The summed E-state index contributed by atoms with van der Waals surface area (Å²) in [6.45, 7) is 12.0. The van der Waals surface area contributed by atoms with Crippen molar-refractivity contribution in [3.05, 3.63) is 0 Å². The molecule has 0 aromatic carbocycles. The molecular weight excluding hydrogens is 252 g/mol. The van der Waals surface area contributed by atoms with Crippen LogP contribution < -0.4 is 15.1 Å². The molecule has 1 heterocycles. The molecule has 1 aromatic heterocycles. The molecule has 6 heteroatoms. The first-order valence-electron chi connectivity index (χ1n) is 7.74. The van der Waals surface area contributed by atoms with Gasteiger partial charge in [0.25, 0.3) is 0 Å². The molecule has 0 aliphatic heterocycles. The minimum Gasteiger partial charge on any atom is -0.354 e. The Bertz CT molecular complexity index is 428. The highest BCUT2D eigenvalue weighted by molar-refractivity contribution is 5.46. The van der Waals surface area contributed by atoms with Crippen LogP contribution in [0.5, 0.6) is 0 Å². The van der Waals surface area contributed by atoms with Crippen LogP contribution >= 0.6 is 0 Å². The second-order valence-corrected chi connectivity index (χ2v) is 4.98. The van der Waals surface area contributed by atoms with Gasteiger partial charge in [0.1, 0.15) is 0 Å². The van der Waals surface area contributed by atoms with Crippen LogP contribution in [-0.2, 0) is 0 Å². The van der Waals surface area contributed by atoms with Gasteiger partial charge in [-0.05, 0) is 40.5 Å². The molecule has 0 amide bonds. The molecule has 1 N–H and O–H groups in total. The van der Waals surface area contributed by atoms with Gasteiger partial charge in [-0.2, -0.15) is 15.0 Å². The zero-order valence-corrected chi connectivity index (χ0v) is 13.1. The summed E-state index contributed by atoms with van der Waals surface area (Å²) in [6.07, 6.45) is 2.49. The molecule has 0 radical (unpaired) electrons. The summed E-state index contributed by atoms with van der Waals surface area (Å²) in [4.78, 5) is 18.2. The fraction of sp³-hybridized carbons (Fsp3) is 0.786. The third kappa shape index (κ3) is 3.29. The summed E-state index contributed by atoms with van der Waals surface area (Å²) in [5.41, 5.74) is 0. The molecule has 1 fully saturated rings. The highest BCUT2D eigenvalue weighted by Gasteiger charge is 2.30. The van der Waals surface area contributed by atoms with Gasteiger partial charge in [0.05, 0.1) is 0 Å². The van der Waals surface area contributed by atoms with E-state index >= 15 is 0 Å². The van der Waals surface area contributed by atoms with Crippen molar-refractivity contribution >= 4 is 17.8 Å². The van der Waals surface area contributed by atoms with Gasteiger partial charge in [0, 0.05) is 32.2 Å². The van der Waals surface area contributed by atoms with Crippen LogP contribution in [0.1, 0.15) is 40.5 Å². The van der Waals surface area contributed by atoms with E-state index in [-0.39, 0.29) is 0 Å². The molecule has 2 rings (SSSR count). The van der Waals surface area contributed by atoms with Crippen molar-refractivity contribution < 1.29 is 0 Å². The summed E-state index contributed by atoms with van der Waals surface area (Å²) >= 11 is 0. The van der Waals surface area contributed by atoms with E-state index in [1.54, 1.807) is 0 Å². The van der Waals surface area contributed by atoms with E-state index in [0.717, 1.165) is 38.1 Å². The smallest absolute Gasteiger partial charge is 0.232 e. The average Bonchev–Trinajstić information content (AvgIpc) is 3.26. The van der Waals surface area contributed by atoms with Gasteiger partial charge in [0.2, 0.25) is 17.8 Å². The van der Waals surface area contributed by atoms with Crippen molar-refractivity contribution in [1.82, 2.24) is 15.0 Å². The number of hydrogen-bond acceptors (Lipinski definition) is 6. The number of nitrogens with one attached hydrogen (secondary N) is 1. The Labute approximate surface area is 121 Å². The number of hydrogen-bond donors (Lipinski definition) is 1. The minimum absolute atomic E-state index is 0.612. The van der Waals surface area contributed by atoms with E-state index in [1.165, 1.54) is 12.8 Å². The maximum atomic E-state index is 4.68. The zero-order valence-electron chi connectivity index (χ0n) is 13.1. The number of aromatic nitrogens is 3. The van der Waals surface area contributed by atoms with Gasteiger partial charge in [-0.15, -0.1) is 0 Å². The van der Waals surface area contributed by atoms with Crippen molar-refractivity contribution in [2.24, 2.45) is 0 Å². The Hall–Kier alpha value is -1.59. The molecule has 0 spiro atoms. The third-order valence-corrected chi connectivity index (χ3v) is 3.58. The lowest BCUT2D eigenvalue weighted by Crippen LogP contribution is -2.30. The van der Waals surface area contributed by atoms with Crippen molar-refractivity contribution in [2.45, 2.75) is 46.6 Å². The zero-order chi connectivity index (χ0) is 14.5. The number of anilines is 3. The summed E-state index contributed by atoms with van der Waals surface area (Å²) < 4.78 is 0. The third-order valence-electron chi connectivity index (χ3n) is 3.58. The first kappa shape index (κ1) is 14.8. The maximum absolute atomic E-state index is 4.68. The SMILES string of the molecule is CCNc1nc(N(CC)CC)nc(N(CC)C2CC2)n1. The fourth-order valence-corrected chi connectivity index (χ4v) is 2.32. The standard InChI is InChI=1S/C14H26N6/c1-5-15-12-16-13(19(6-2)7-3)18-14(17-12)20(8-4)11-9-10-11/h11H,5-10H2,1-4H3,(H,15,16,17,18). The molecule has 0 atom stereocenters. The predicted molar refractivity (Wildman–Crippen MR) is 83.6 cm³/mol. The molecule has 1 aliphatic carbocycles. The van der Waals surface area contributed by atoms with E-state index in [9.17, 15) is 0 Å². The molecule has 1 aliphatic rings. The Balaban J connectivity index is 2.33. The van der Waals surface area contributed by atoms with Crippen LogP contribution in [0, 0.1) is 0 Å². The van der Waals surface area contributed by atoms with Crippen LogP contribution in [0.2, 0.25) is 0 Å². The summed E-state index contributed by atoms with van der Waals surface area (Å²) in [5, 5.41) is 3.21. The highest BCUT2D eigenvalue weighted by atomic mass is 15.4. The van der Waals surface area contributed by atoms with Crippen LogP contribution in [0.25, 0.3) is 0 Å². The molecule has 20 heavy (non-hydrogen) atoms. The normalized spacial score (nSPS) is 14.2. The molecule has 112 valence electrons. The molecule has 1 saturated carbocycles. The van der Waals surface area contributed by atoms with Gasteiger partial charge in [-0.25, -0.2) is 0 Å². The Morgan fingerprint density at radius 3 is 2.10 bits per heavy atom. The Kier molecular flexibility index (Phi) is 4.98.